The maximum atomic E-state index is 13.6. The van der Waals surface area contributed by atoms with Crippen molar-refractivity contribution in [3.8, 4) is 0 Å². The third-order valence-electron chi connectivity index (χ3n) is 2.66. The summed E-state index contributed by atoms with van der Waals surface area (Å²) in [4.78, 5) is 15.8. The standard InChI is InChI=1S/C14H13FN2O/c1-9-3-4-11(12(15)7-9)14(18)17-13-8-16-6-5-10(13)2/h3-8H,1-2H3,(H,17,18). The molecule has 0 atom stereocenters. The van der Waals surface area contributed by atoms with Gasteiger partial charge in [0.15, 0.2) is 0 Å². The molecule has 0 fully saturated rings. The van der Waals surface area contributed by atoms with E-state index in [2.05, 4.69) is 10.3 Å². The van der Waals surface area contributed by atoms with Gasteiger partial charge in [-0.25, -0.2) is 4.39 Å². The van der Waals surface area contributed by atoms with Gasteiger partial charge in [-0.15, -0.1) is 0 Å². The Balaban J connectivity index is 2.25. The molecule has 0 aliphatic rings. The number of rotatable bonds is 2. The van der Waals surface area contributed by atoms with Crippen molar-refractivity contribution in [3.63, 3.8) is 0 Å². The first-order valence-electron chi connectivity index (χ1n) is 5.56. The zero-order chi connectivity index (χ0) is 13.1. The molecule has 0 spiro atoms. The fourth-order valence-corrected chi connectivity index (χ4v) is 1.59. The van der Waals surface area contributed by atoms with Gasteiger partial charge in [0.2, 0.25) is 0 Å². The molecule has 0 aliphatic heterocycles. The summed E-state index contributed by atoms with van der Waals surface area (Å²) in [5, 5.41) is 2.65. The van der Waals surface area contributed by atoms with Crippen molar-refractivity contribution in [1.29, 1.82) is 0 Å². The van der Waals surface area contributed by atoms with Crippen molar-refractivity contribution in [2.45, 2.75) is 13.8 Å². The second kappa shape index (κ2) is 4.96. The molecule has 1 amide bonds. The zero-order valence-corrected chi connectivity index (χ0v) is 10.2. The average Bonchev–Trinajstić information content (AvgIpc) is 2.32. The number of aryl methyl sites for hydroxylation is 2. The summed E-state index contributed by atoms with van der Waals surface area (Å²) in [7, 11) is 0. The first-order valence-corrected chi connectivity index (χ1v) is 5.56. The van der Waals surface area contributed by atoms with Crippen LogP contribution < -0.4 is 5.32 Å². The molecule has 92 valence electrons. The highest BCUT2D eigenvalue weighted by Crippen LogP contribution is 2.15. The molecule has 1 heterocycles. The average molecular weight is 244 g/mol. The van der Waals surface area contributed by atoms with E-state index in [-0.39, 0.29) is 5.56 Å². The Kier molecular flexibility index (Phi) is 3.37. The summed E-state index contributed by atoms with van der Waals surface area (Å²) in [6, 6.07) is 6.30. The van der Waals surface area contributed by atoms with Crippen LogP contribution in [-0.2, 0) is 0 Å². The lowest BCUT2D eigenvalue weighted by atomic mass is 10.1. The summed E-state index contributed by atoms with van der Waals surface area (Å²) in [5.74, 6) is -0.988. The monoisotopic (exact) mass is 244 g/mol. The first-order chi connectivity index (χ1) is 8.58. The molecule has 0 aliphatic carbocycles. The topological polar surface area (TPSA) is 42.0 Å². The third-order valence-corrected chi connectivity index (χ3v) is 2.66. The molecule has 18 heavy (non-hydrogen) atoms. The van der Waals surface area contributed by atoms with E-state index in [1.807, 2.05) is 6.92 Å². The number of benzene rings is 1. The normalized spacial score (nSPS) is 10.2. The lowest BCUT2D eigenvalue weighted by Crippen LogP contribution is -2.14. The Hall–Kier alpha value is -2.23. The fraction of sp³-hybridized carbons (Fsp3) is 0.143. The van der Waals surface area contributed by atoms with Crippen LogP contribution in [0.1, 0.15) is 21.5 Å². The Morgan fingerprint density at radius 2 is 2.06 bits per heavy atom. The lowest BCUT2D eigenvalue weighted by Gasteiger charge is -2.08. The van der Waals surface area contributed by atoms with Gasteiger partial charge in [0.05, 0.1) is 17.4 Å². The number of nitrogens with one attached hydrogen (secondary N) is 1. The van der Waals surface area contributed by atoms with Crippen molar-refractivity contribution < 1.29 is 9.18 Å². The van der Waals surface area contributed by atoms with Crippen LogP contribution in [-0.4, -0.2) is 10.9 Å². The molecule has 2 rings (SSSR count). The minimum absolute atomic E-state index is 0.0313. The van der Waals surface area contributed by atoms with E-state index in [4.69, 9.17) is 0 Å². The minimum Gasteiger partial charge on any atom is -0.320 e. The maximum absolute atomic E-state index is 13.6. The van der Waals surface area contributed by atoms with Gasteiger partial charge < -0.3 is 5.32 Å². The van der Waals surface area contributed by atoms with Crippen LogP contribution in [0.4, 0.5) is 10.1 Å². The molecule has 0 radical (unpaired) electrons. The van der Waals surface area contributed by atoms with Crippen molar-refractivity contribution in [2.24, 2.45) is 0 Å². The highest BCUT2D eigenvalue weighted by molar-refractivity contribution is 6.04. The second-order valence-electron chi connectivity index (χ2n) is 4.13. The van der Waals surface area contributed by atoms with Gasteiger partial charge in [0.25, 0.3) is 5.91 Å². The van der Waals surface area contributed by atoms with Crippen LogP contribution in [0, 0.1) is 19.7 Å². The summed E-state index contributed by atoms with van der Waals surface area (Å²) >= 11 is 0. The number of carbonyl (C=O) groups is 1. The number of amides is 1. The molecule has 1 N–H and O–H groups in total. The molecule has 1 aromatic carbocycles. The fourth-order valence-electron chi connectivity index (χ4n) is 1.59. The molecule has 0 saturated heterocycles. The number of hydrogen-bond donors (Lipinski definition) is 1. The van der Waals surface area contributed by atoms with Crippen LogP contribution in [0.2, 0.25) is 0 Å². The van der Waals surface area contributed by atoms with Crippen molar-refractivity contribution in [3.05, 3.63) is 59.2 Å². The van der Waals surface area contributed by atoms with Crippen LogP contribution in [0.15, 0.2) is 36.7 Å². The number of pyridine rings is 1. The summed E-state index contributed by atoms with van der Waals surface area (Å²) in [5.41, 5.74) is 2.28. The number of halogens is 1. The quantitative estimate of drug-likeness (QED) is 0.882. The van der Waals surface area contributed by atoms with E-state index in [1.165, 1.54) is 12.1 Å². The van der Waals surface area contributed by atoms with Gasteiger partial charge in [-0.1, -0.05) is 6.07 Å². The van der Waals surface area contributed by atoms with Crippen LogP contribution in [0.5, 0.6) is 0 Å². The first kappa shape index (κ1) is 12.2. The Morgan fingerprint density at radius 3 is 2.72 bits per heavy atom. The number of nitrogens with zero attached hydrogens (tertiary/aromatic N) is 1. The van der Waals surface area contributed by atoms with E-state index in [1.54, 1.807) is 31.5 Å². The van der Waals surface area contributed by atoms with E-state index >= 15 is 0 Å². The SMILES string of the molecule is Cc1ccc(C(=O)Nc2cnccc2C)c(F)c1. The Bertz CT molecular complexity index is 596. The number of hydrogen-bond acceptors (Lipinski definition) is 2. The van der Waals surface area contributed by atoms with Gasteiger partial charge in [-0.3, -0.25) is 9.78 Å². The highest BCUT2D eigenvalue weighted by Gasteiger charge is 2.12. The van der Waals surface area contributed by atoms with Gasteiger partial charge in [-0.2, -0.15) is 0 Å². The van der Waals surface area contributed by atoms with Gasteiger partial charge in [0, 0.05) is 6.20 Å². The largest absolute Gasteiger partial charge is 0.320 e. The van der Waals surface area contributed by atoms with Crippen molar-refractivity contribution >= 4 is 11.6 Å². The third kappa shape index (κ3) is 2.53. The Morgan fingerprint density at radius 1 is 1.28 bits per heavy atom. The smallest absolute Gasteiger partial charge is 0.258 e. The molecular formula is C14H13FN2O. The second-order valence-corrected chi connectivity index (χ2v) is 4.13. The summed E-state index contributed by atoms with van der Waals surface area (Å²) in [6.45, 7) is 3.62. The lowest BCUT2D eigenvalue weighted by molar-refractivity contribution is 0.102. The van der Waals surface area contributed by atoms with Gasteiger partial charge >= 0.3 is 0 Å². The highest BCUT2D eigenvalue weighted by atomic mass is 19.1. The molecule has 0 bridgehead atoms. The predicted octanol–water partition coefficient (Wildman–Crippen LogP) is 3.09. The van der Waals surface area contributed by atoms with Crippen molar-refractivity contribution in [2.75, 3.05) is 5.32 Å². The molecule has 2 aromatic rings. The maximum Gasteiger partial charge on any atom is 0.258 e. The molecule has 4 heteroatoms. The van der Waals surface area contributed by atoms with Crippen LogP contribution >= 0.6 is 0 Å². The van der Waals surface area contributed by atoms with E-state index < -0.39 is 11.7 Å². The Labute approximate surface area is 105 Å². The summed E-state index contributed by atoms with van der Waals surface area (Å²) < 4.78 is 13.6. The molecule has 1 aromatic heterocycles. The zero-order valence-electron chi connectivity index (χ0n) is 10.2. The van der Waals surface area contributed by atoms with Gasteiger partial charge in [0.1, 0.15) is 5.82 Å². The van der Waals surface area contributed by atoms with E-state index in [0.29, 0.717) is 5.69 Å². The summed E-state index contributed by atoms with van der Waals surface area (Å²) in [6.07, 6.45) is 3.18. The molecule has 3 nitrogen and oxygen atoms in total. The number of aromatic nitrogens is 1. The predicted molar refractivity (Wildman–Crippen MR) is 68.1 cm³/mol. The van der Waals surface area contributed by atoms with Crippen LogP contribution in [0.25, 0.3) is 0 Å². The van der Waals surface area contributed by atoms with E-state index in [9.17, 15) is 9.18 Å². The van der Waals surface area contributed by atoms with Crippen LogP contribution in [0.3, 0.4) is 0 Å². The van der Waals surface area contributed by atoms with Gasteiger partial charge in [-0.05, 0) is 43.2 Å². The van der Waals surface area contributed by atoms with Crippen molar-refractivity contribution in [1.82, 2.24) is 4.98 Å². The number of carbonyl (C=O) groups excluding carboxylic acids is 1. The number of anilines is 1. The minimum atomic E-state index is -0.519. The molecule has 0 unspecified atom stereocenters. The van der Waals surface area contributed by atoms with E-state index in [0.717, 1.165) is 11.1 Å². The molecule has 0 saturated carbocycles. The molecular weight excluding hydrogens is 231 g/mol.